The van der Waals surface area contributed by atoms with E-state index in [-0.39, 0.29) is 12.0 Å². The van der Waals surface area contributed by atoms with Crippen molar-refractivity contribution in [1.82, 2.24) is 5.32 Å². The monoisotopic (exact) mass is 391 g/mol. The van der Waals surface area contributed by atoms with Gasteiger partial charge in [0.25, 0.3) is 5.91 Å². The van der Waals surface area contributed by atoms with E-state index >= 15 is 0 Å². The number of rotatable bonds is 5. The van der Waals surface area contributed by atoms with Crippen molar-refractivity contribution < 1.29 is 19.0 Å². The first-order chi connectivity index (χ1) is 11.6. The Morgan fingerprint density at radius 1 is 1.25 bits per heavy atom. The maximum atomic E-state index is 12.2. The van der Waals surface area contributed by atoms with Crippen LogP contribution in [0.4, 0.5) is 0 Å². The van der Waals surface area contributed by atoms with Crippen LogP contribution >= 0.6 is 15.9 Å². The highest BCUT2D eigenvalue weighted by Crippen LogP contribution is 2.30. The summed E-state index contributed by atoms with van der Waals surface area (Å²) in [6.45, 7) is 2.48. The number of carbonyl (C=O) groups is 1. The minimum Gasteiger partial charge on any atom is -0.486 e. The number of amides is 1. The molecule has 0 bridgehead atoms. The summed E-state index contributed by atoms with van der Waals surface area (Å²) in [6, 6.07) is 14.8. The van der Waals surface area contributed by atoms with Crippen molar-refractivity contribution >= 4 is 21.8 Å². The summed E-state index contributed by atoms with van der Waals surface area (Å²) in [5.74, 6) is 1.88. The van der Waals surface area contributed by atoms with Crippen LogP contribution in [0, 0.1) is 0 Å². The molecule has 0 unspecified atom stereocenters. The molecule has 0 spiro atoms. The van der Waals surface area contributed by atoms with Crippen LogP contribution in [-0.4, -0.2) is 31.3 Å². The van der Waals surface area contributed by atoms with Gasteiger partial charge in [0.15, 0.2) is 17.6 Å². The van der Waals surface area contributed by atoms with Crippen LogP contribution in [0.25, 0.3) is 0 Å². The molecule has 0 fully saturated rings. The van der Waals surface area contributed by atoms with Gasteiger partial charge in [-0.05, 0) is 43.3 Å². The molecule has 24 heavy (non-hydrogen) atoms. The Morgan fingerprint density at radius 3 is 2.71 bits per heavy atom. The summed E-state index contributed by atoms with van der Waals surface area (Å²) in [6.07, 6.45) is -0.813. The average molecular weight is 392 g/mol. The average Bonchev–Trinajstić information content (AvgIpc) is 2.61. The lowest BCUT2D eigenvalue weighted by Gasteiger charge is -2.27. The molecule has 2 atom stereocenters. The number of carbonyl (C=O) groups excluding carboxylic acids is 1. The van der Waals surface area contributed by atoms with E-state index < -0.39 is 6.10 Å². The fourth-order valence-corrected chi connectivity index (χ4v) is 2.56. The van der Waals surface area contributed by atoms with Gasteiger partial charge in [-0.25, -0.2) is 0 Å². The van der Waals surface area contributed by atoms with Gasteiger partial charge in [-0.15, -0.1) is 0 Å². The van der Waals surface area contributed by atoms with Crippen molar-refractivity contribution in [2.45, 2.75) is 19.1 Å². The lowest BCUT2D eigenvalue weighted by atomic mass is 10.2. The van der Waals surface area contributed by atoms with Crippen LogP contribution in [0.1, 0.15) is 6.92 Å². The molecule has 0 radical (unpaired) electrons. The molecular formula is C18H18BrNO4. The molecule has 1 aliphatic rings. The summed E-state index contributed by atoms with van der Waals surface area (Å²) in [5.41, 5.74) is 0. The second kappa shape index (κ2) is 7.57. The highest BCUT2D eigenvalue weighted by molar-refractivity contribution is 9.10. The van der Waals surface area contributed by atoms with E-state index in [2.05, 4.69) is 21.2 Å². The van der Waals surface area contributed by atoms with Crippen LogP contribution in [0.3, 0.4) is 0 Å². The van der Waals surface area contributed by atoms with Gasteiger partial charge in [0, 0.05) is 4.47 Å². The maximum absolute atomic E-state index is 12.2. The Bertz CT molecular complexity index is 704. The van der Waals surface area contributed by atoms with Gasteiger partial charge >= 0.3 is 0 Å². The number of fused-ring (bicyclic) bond motifs is 1. The Morgan fingerprint density at radius 2 is 1.96 bits per heavy atom. The van der Waals surface area contributed by atoms with Crippen LogP contribution in [-0.2, 0) is 4.79 Å². The molecule has 1 heterocycles. The molecule has 0 aromatic heterocycles. The van der Waals surface area contributed by atoms with E-state index in [1.165, 1.54) is 0 Å². The van der Waals surface area contributed by atoms with Crippen LogP contribution in [0.5, 0.6) is 17.2 Å². The van der Waals surface area contributed by atoms with Gasteiger partial charge in [-0.3, -0.25) is 4.79 Å². The molecule has 5 nitrogen and oxygen atoms in total. The Hall–Kier alpha value is -2.21. The molecule has 126 valence electrons. The SMILES string of the molecule is C[C@@H](Oc1ccc(Br)cc1)C(=O)NC[C@@H]1COc2ccccc2O1. The van der Waals surface area contributed by atoms with E-state index in [0.29, 0.717) is 24.7 Å². The number of halogens is 1. The third kappa shape index (κ3) is 4.20. The number of hydrogen-bond donors (Lipinski definition) is 1. The lowest BCUT2D eigenvalue weighted by Crippen LogP contribution is -2.44. The van der Waals surface area contributed by atoms with Gasteiger partial charge in [0.1, 0.15) is 18.5 Å². The van der Waals surface area contributed by atoms with Gasteiger partial charge in [0.2, 0.25) is 0 Å². The summed E-state index contributed by atoms with van der Waals surface area (Å²) in [7, 11) is 0. The topological polar surface area (TPSA) is 56.8 Å². The number of hydrogen-bond acceptors (Lipinski definition) is 4. The molecule has 0 aliphatic carbocycles. The molecular weight excluding hydrogens is 374 g/mol. The summed E-state index contributed by atoms with van der Waals surface area (Å²) >= 11 is 3.36. The van der Waals surface area contributed by atoms with Crippen LogP contribution < -0.4 is 19.5 Å². The molecule has 2 aromatic carbocycles. The van der Waals surface area contributed by atoms with E-state index in [1.54, 1.807) is 6.92 Å². The van der Waals surface area contributed by atoms with Gasteiger partial charge in [0.05, 0.1) is 6.54 Å². The molecule has 0 saturated heterocycles. The molecule has 3 rings (SSSR count). The number of benzene rings is 2. The van der Waals surface area contributed by atoms with Crippen molar-refractivity contribution in [3.63, 3.8) is 0 Å². The first-order valence-corrected chi connectivity index (χ1v) is 8.49. The Labute approximate surface area is 149 Å². The normalized spacial score (nSPS) is 17.0. The van der Waals surface area contributed by atoms with Crippen molar-refractivity contribution in [3.8, 4) is 17.2 Å². The molecule has 1 aliphatic heterocycles. The summed E-state index contributed by atoms with van der Waals surface area (Å²) < 4.78 is 18.0. The highest BCUT2D eigenvalue weighted by Gasteiger charge is 2.22. The maximum Gasteiger partial charge on any atom is 0.260 e. The Balaban J connectivity index is 1.48. The van der Waals surface area contributed by atoms with Crippen molar-refractivity contribution in [2.75, 3.05) is 13.2 Å². The fraction of sp³-hybridized carbons (Fsp3) is 0.278. The zero-order valence-corrected chi connectivity index (χ0v) is 14.8. The second-order valence-corrected chi connectivity index (χ2v) is 6.37. The third-order valence-corrected chi connectivity index (χ3v) is 4.10. The van der Waals surface area contributed by atoms with E-state index in [0.717, 1.165) is 10.2 Å². The first-order valence-electron chi connectivity index (χ1n) is 7.70. The second-order valence-electron chi connectivity index (χ2n) is 5.46. The van der Waals surface area contributed by atoms with Crippen LogP contribution in [0.15, 0.2) is 53.0 Å². The molecule has 6 heteroatoms. The quantitative estimate of drug-likeness (QED) is 0.850. The largest absolute Gasteiger partial charge is 0.486 e. The minimum atomic E-state index is -0.594. The lowest BCUT2D eigenvalue weighted by molar-refractivity contribution is -0.127. The zero-order chi connectivity index (χ0) is 16.9. The molecule has 2 aromatic rings. The van der Waals surface area contributed by atoms with E-state index in [1.807, 2.05) is 48.5 Å². The first kappa shape index (κ1) is 16.6. The predicted molar refractivity (Wildman–Crippen MR) is 93.6 cm³/mol. The summed E-state index contributed by atoms with van der Waals surface area (Å²) in [5, 5.41) is 2.84. The fourth-order valence-electron chi connectivity index (χ4n) is 2.29. The van der Waals surface area contributed by atoms with E-state index in [9.17, 15) is 4.79 Å². The smallest absolute Gasteiger partial charge is 0.260 e. The van der Waals surface area contributed by atoms with Gasteiger partial charge in [-0.1, -0.05) is 28.1 Å². The molecule has 1 amide bonds. The van der Waals surface area contributed by atoms with Gasteiger partial charge in [-0.2, -0.15) is 0 Å². The molecule has 1 N–H and O–H groups in total. The highest BCUT2D eigenvalue weighted by atomic mass is 79.9. The van der Waals surface area contributed by atoms with Crippen molar-refractivity contribution in [3.05, 3.63) is 53.0 Å². The van der Waals surface area contributed by atoms with Crippen molar-refractivity contribution in [1.29, 1.82) is 0 Å². The number of ether oxygens (including phenoxy) is 3. The van der Waals surface area contributed by atoms with Crippen molar-refractivity contribution in [2.24, 2.45) is 0 Å². The van der Waals surface area contributed by atoms with E-state index in [4.69, 9.17) is 14.2 Å². The standard InChI is InChI=1S/C18H18BrNO4/c1-12(23-14-8-6-13(19)7-9-14)18(21)20-10-15-11-22-16-4-2-3-5-17(16)24-15/h2-9,12,15H,10-11H2,1H3,(H,20,21)/t12-,15-/m1/s1. The zero-order valence-electron chi connectivity index (χ0n) is 13.2. The number of para-hydroxylation sites is 2. The third-order valence-electron chi connectivity index (χ3n) is 3.57. The predicted octanol–water partition coefficient (Wildman–Crippen LogP) is 3.17. The summed E-state index contributed by atoms with van der Waals surface area (Å²) in [4.78, 5) is 12.2. The van der Waals surface area contributed by atoms with Crippen LogP contribution in [0.2, 0.25) is 0 Å². The number of nitrogens with one attached hydrogen (secondary N) is 1. The van der Waals surface area contributed by atoms with Gasteiger partial charge < -0.3 is 19.5 Å². The Kier molecular flexibility index (Phi) is 5.25. The molecule has 0 saturated carbocycles. The minimum absolute atomic E-state index is 0.194.